The minimum atomic E-state index is -0.273. The Morgan fingerprint density at radius 1 is 1.00 bits per heavy atom. The van der Waals surface area contributed by atoms with Crippen molar-refractivity contribution in [3.05, 3.63) is 93.7 Å². The molecule has 1 heterocycles. The van der Waals surface area contributed by atoms with Crippen LogP contribution in [0.15, 0.2) is 71.8 Å². The number of nitrogens with zero attached hydrogens (tertiary/aromatic N) is 2. The van der Waals surface area contributed by atoms with Crippen LogP contribution in [0.1, 0.15) is 23.6 Å². The topological polar surface area (TPSA) is 24.8 Å². The van der Waals surface area contributed by atoms with Gasteiger partial charge in [0, 0.05) is 11.4 Å². The zero-order valence-electron chi connectivity index (χ0n) is 15.1. The van der Waals surface area contributed by atoms with Gasteiger partial charge in [0.2, 0.25) is 0 Å². The van der Waals surface area contributed by atoms with Crippen molar-refractivity contribution in [1.82, 2.24) is 0 Å². The quantitative estimate of drug-likeness (QED) is 0.486. The zero-order valence-corrected chi connectivity index (χ0v) is 16.6. The summed E-state index contributed by atoms with van der Waals surface area (Å²) in [6, 6.07) is 19.4. The van der Waals surface area contributed by atoms with E-state index in [1.807, 2.05) is 29.3 Å². The molecule has 3 nitrogen and oxygen atoms in total. The molecule has 142 valence electrons. The molecule has 0 saturated carbocycles. The molecular weight excluding hydrogens is 398 g/mol. The average molecular weight is 415 g/mol. The highest BCUT2D eigenvalue weighted by Gasteiger charge is 2.31. The van der Waals surface area contributed by atoms with Crippen molar-refractivity contribution in [2.24, 2.45) is 5.10 Å². The van der Waals surface area contributed by atoms with E-state index in [9.17, 15) is 4.39 Å². The lowest BCUT2D eigenvalue weighted by Gasteiger charge is -2.25. The van der Waals surface area contributed by atoms with Crippen molar-refractivity contribution in [2.45, 2.75) is 12.5 Å². The number of hydrazone groups is 1. The van der Waals surface area contributed by atoms with E-state index < -0.39 is 0 Å². The summed E-state index contributed by atoms with van der Waals surface area (Å²) in [6.45, 7) is 0. The zero-order chi connectivity index (χ0) is 19.7. The molecule has 0 spiro atoms. The molecule has 6 heteroatoms. The Morgan fingerprint density at radius 2 is 1.71 bits per heavy atom. The summed E-state index contributed by atoms with van der Waals surface area (Å²) < 4.78 is 18.7. The molecule has 0 aliphatic carbocycles. The van der Waals surface area contributed by atoms with Crippen molar-refractivity contribution in [3.63, 3.8) is 0 Å². The molecule has 1 aliphatic rings. The molecule has 4 rings (SSSR count). The van der Waals surface area contributed by atoms with E-state index in [1.165, 1.54) is 12.1 Å². The van der Waals surface area contributed by atoms with Crippen LogP contribution in [0, 0.1) is 5.82 Å². The number of benzene rings is 3. The fraction of sp³-hybridized carbons (Fsp3) is 0.136. The van der Waals surface area contributed by atoms with Crippen molar-refractivity contribution in [2.75, 3.05) is 12.1 Å². The summed E-state index contributed by atoms with van der Waals surface area (Å²) in [6.07, 6.45) is 0.654. The first-order valence-corrected chi connectivity index (χ1v) is 9.52. The van der Waals surface area contributed by atoms with Gasteiger partial charge >= 0.3 is 0 Å². The third kappa shape index (κ3) is 3.71. The summed E-state index contributed by atoms with van der Waals surface area (Å²) in [5, 5.41) is 7.83. The van der Waals surface area contributed by atoms with E-state index >= 15 is 0 Å². The molecule has 1 atom stereocenters. The van der Waals surface area contributed by atoms with Gasteiger partial charge < -0.3 is 4.74 Å². The van der Waals surface area contributed by atoms with Crippen LogP contribution in [-0.4, -0.2) is 12.8 Å². The minimum absolute atomic E-state index is 0.117. The molecule has 0 fully saturated rings. The lowest BCUT2D eigenvalue weighted by molar-refractivity contribution is 0.415. The van der Waals surface area contributed by atoms with Gasteiger partial charge in [-0.05, 0) is 65.7 Å². The number of hydrogen-bond donors (Lipinski definition) is 0. The Kier molecular flexibility index (Phi) is 5.25. The van der Waals surface area contributed by atoms with Gasteiger partial charge in [0.25, 0.3) is 0 Å². The largest absolute Gasteiger partial charge is 0.497 e. The Balaban J connectivity index is 1.77. The molecule has 0 saturated heterocycles. The number of anilines is 1. The minimum Gasteiger partial charge on any atom is -0.497 e. The second-order valence-electron chi connectivity index (χ2n) is 6.49. The van der Waals surface area contributed by atoms with E-state index in [2.05, 4.69) is 0 Å². The molecule has 3 aromatic carbocycles. The van der Waals surface area contributed by atoms with E-state index in [-0.39, 0.29) is 11.9 Å². The predicted molar refractivity (Wildman–Crippen MR) is 112 cm³/mol. The summed E-state index contributed by atoms with van der Waals surface area (Å²) >= 11 is 12.6. The number of ether oxygens (including phenoxy) is 1. The highest BCUT2D eigenvalue weighted by Crippen LogP contribution is 2.40. The highest BCUT2D eigenvalue weighted by atomic mass is 35.5. The first-order valence-electron chi connectivity index (χ1n) is 8.77. The molecule has 0 amide bonds. The predicted octanol–water partition coefficient (Wildman–Crippen LogP) is 6.50. The Labute approximate surface area is 173 Å². The van der Waals surface area contributed by atoms with E-state index in [0.717, 1.165) is 22.6 Å². The summed E-state index contributed by atoms with van der Waals surface area (Å²) in [7, 11) is 1.63. The van der Waals surface area contributed by atoms with Gasteiger partial charge in [0.1, 0.15) is 11.6 Å². The van der Waals surface area contributed by atoms with Crippen molar-refractivity contribution >= 4 is 34.6 Å². The molecule has 0 radical (unpaired) electrons. The molecule has 0 aromatic heterocycles. The molecule has 0 N–H and O–H groups in total. The normalized spacial score (nSPS) is 16.2. The third-order valence-corrected chi connectivity index (χ3v) is 5.30. The van der Waals surface area contributed by atoms with Crippen molar-refractivity contribution < 1.29 is 9.13 Å². The van der Waals surface area contributed by atoms with Gasteiger partial charge in [-0.3, -0.25) is 5.01 Å². The fourth-order valence-electron chi connectivity index (χ4n) is 3.30. The van der Waals surface area contributed by atoms with Crippen LogP contribution in [-0.2, 0) is 0 Å². The molecule has 0 unspecified atom stereocenters. The summed E-state index contributed by atoms with van der Waals surface area (Å²) in [5.74, 6) is 0.512. The van der Waals surface area contributed by atoms with Gasteiger partial charge in [0.05, 0.1) is 29.6 Å². The monoisotopic (exact) mass is 414 g/mol. The van der Waals surface area contributed by atoms with Crippen LogP contribution in [0.2, 0.25) is 10.0 Å². The molecule has 3 aromatic rings. The number of halogens is 3. The van der Waals surface area contributed by atoms with Gasteiger partial charge in [-0.1, -0.05) is 35.3 Å². The molecular formula is C22H17Cl2FN2O. The smallest absolute Gasteiger partial charge is 0.123 e. The number of hydrogen-bond acceptors (Lipinski definition) is 3. The maximum absolute atomic E-state index is 13.4. The van der Waals surface area contributed by atoms with Gasteiger partial charge in [-0.2, -0.15) is 5.10 Å². The maximum Gasteiger partial charge on any atom is 0.123 e. The summed E-state index contributed by atoms with van der Waals surface area (Å²) in [5.41, 5.74) is 3.57. The van der Waals surface area contributed by atoms with E-state index in [0.29, 0.717) is 22.2 Å². The average Bonchev–Trinajstić information content (AvgIpc) is 3.15. The van der Waals surface area contributed by atoms with Crippen LogP contribution in [0.3, 0.4) is 0 Å². The second kappa shape index (κ2) is 7.82. The van der Waals surface area contributed by atoms with Gasteiger partial charge in [0.15, 0.2) is 0 Å². The SMILES string of the molecule is COc1ccc(C2=NN(c3cc(Cl)ccc3Cl)[C@@H](c3ccc(F)cc3)C2)cc1. The lowest BCUT2D eigenvalue weighted by Crippen LogP contribution is -2.19. The highest BCUT2D eigenvalue weighted by molar-refractivity contribution is 6.35. The second-order valence-corrected chi connectivity index (χ2v) is 7.33. The van der Waals surface area contributed by atoms with Gasteiger partial charge in [-0.15, -0.1) is 0 Å². The van der Waals surface area contributed by atoms with Crippen LogP contribution < -0.4 is 9.75 Å². The molecule has 1 aliphatic heterocycles. The third-order valence-electron chi connectivity index (χ3n) is 4.74. The van der Waals surface area contributed by atoms with Gasteiger partial charge in [-0.25, -0.2) is 4.39 Å². The maximum atomic E-state index is 13.4. The van der Waals surface area contributed by atoms with Crippen LogP contribution in [0.5, 0.6) is 5.75 Å². The standard InChI is InChI=1S/C22H17Cl2FN2O/c1-28-18-9-4-14(5-10-18)20-13-21(15-2-7-17(25)8-3-15)27(26-20)22-12-16(23)6-11-19(22)24/h2-12,21H,13H2,1H3/t21-/m1/s1. The molecule has 0 bridgehead atoms. The number of rotatable bonds is 4. The lowest BCUT2D eigenvalue weighted by atomic mass is 9.98. The molecule has 28 heavy (non-hydrogen) atoms. The Hall–Kier alpha value is -2.56. The first-order chi connectivity index (χ1) is 13.5. The number of methoxy groups -OCH3 is 1. The van der Waals surface area contributed by atoms with Crippen LogP contribution in [0.4, 0.5) is 10.1 Å². The van der Waals surface area contributed by atoms with Crippen molar-refractivity contribution in [3.8, 4) is 5.75 Å². The Bertz CT molecular complexity index is 1020. The van der Waals surface area contributed by atoms with Crippen LogP contribution >= 0.6 is 23.2 Å². The summed E-state index contributed by atoms with van der Waals surface area (Å²) in [4.78, 5) is 0. The first kappa shape index (κ1) is 18.8. The Morgan fingerprint density at radius 3 is 2.39 bits per heavy atom. The van der Waals surface area contributed by atoms with E-state index in [4.69, 9.17) is 33.0 Å². The van der Waals surface area contributed by atoms with E-state index in [1.54, 1.807) is 37.4 Å². The van der Waals surface area contributed by atoms with Crippen molar-refractivity contribution in [1.29, 1.82) is 0 Å². The van der Waals surface area contributed by atoms with Crippen LogP contribution in [0.25, 0.3) is 0 Å². The fourth-order valence-corrected chi connectivity index (χ4v) is 3.67.